The molecule has 0 fully saturated rings. The molecule has 4 amide bonds. The van der Waals surface area contributed by atoms with E-state index >= 15 is 0 Å². The molecule has 0 heterocycles. The molecule has 218 valence electrons. The van der Waals surface area contributed by atoms with Gasteiger partial charge in [-0.1, -0.05) is 39.7 Å². The van der Waals surface area contributed by atoms with Crippen molar-refractivity contribution >= 4 is 29.6 Å². The number of carboxylic acid groups (broad SMARTS) is 1. The minimum absolute atomic E-state index is 0.0583. The second-order valence-corrected chi connectivity index (χ2v) is 10.7. The van der Waals surface area contributed by atoms with E-state index in [1.807, 2.05) is 20.8 Å². The molecular weight excluding hydrogens is 514 g/mol. The first-order valence-electron chi connectivity index (χ1n) is 13.0. The molecule has 0 radical (unpaired) electrons. The van der Waals surface area contributed by atoms with Gasteiger partial charge in [0.15, 0.2) is 0 Å². The number of hydrogen-bond donors (Lipinski definition) is 5. The van der Waals surface area contributed by atoms with Crippen LogP contribution in [0.25, 0.3) is 0 Å². The molecule has 10 nitrogen and oxygen atoms in total. The molecular formula is C27H40F2N4O6. The smallest absolute Gasteiger partial charge is 0.303 e. The highest BCUT2D eigenvalue weighted by Gasteiger charge is 2.27. The van der Waals surface area contributed by atoms with E-state index in [-0.39, 0.29) is 36.8 Å². The molecule has 0 spiro atoms. The van der Waals surface area contributed by atoms with E-state index < -0.39 is 53.3 Å². The molecule has 0 aliphatic carbocycles. The third-order valence-corrected chi connectivity index (χ3v) is 5.62. The Bertz CT molecular complexity index is 1010. The maximum atomic E-state index is 13.8. The Balaban J connectivity index is 2.71. The topological polar surface area (TPSA) is 154 Å². The Hall–Kier alpha value is -3.57. The van der Waals surface area contributed by atoms with Gasteiger partial charge in [0.25, 0.3) is 0 Å². The zero-order chi connectivity index (χ0) is 29.6. The molecule has 12 heteroatoms. The quantitative estimate of drug-likeness (QED) is 0.198. The number of halogens is 2. The van der Waals surface area contributed by atoms with Crippen molar-refractivity contribution in [3.05, 3.63) is 35.4 Å². The lowest BCUT2D eigenvalue weighted by molar-refractivity contribution is -0.137. The van der Waals surface area contributed by atoms with Crippen LogP contribution in [0.4, 0.5) is 8.78 Å². The summed E-state index contributed by atoms with van der Waals surface area (Å²) in [6.07, 6.45) is 2.06. The van der Waals surface area contributed by atoms with Crippen LogP contribution in [0.3, 0.4) is 0 Å². The maximum absolute atomic E-state index is 13.8. The summed E-state index contributed by atoms with van der Waals surface area (Å²) in [5.41, 5.74) is -0.139. The highest BCUT2D eigenvalue weighted by molar-refractivity contribution is 5.94. The van der Waals surface area contributed by atoms with Gasteiger partial charge in [-0.05, 0) is 31.2 Å². The van der Waals surface area contributed by atoms with Crippen molar-refractivity contribution < 1.29 is 37.9 Å². The number of nitrogens with one attached hydrogen (secondary N) is 4. The Morgan fingerprint density at radius 3 is 2.10 bits per heavy atom. The first kappa shape index (κ1) is 33.5. The summed E-state index contributed by atoms with van der Waals surface area (Å²) >= 11 is 0. The SMILES string of the molecule is C[C@H](NC(=O)C(CC(=O)NCC(C)(C)C)NC(=O)CCCCCCC(=O)O)C(=O)NCc1ccc(F)cc1F. The van der Waals surface area contributed by atoms with Crippen molar-refractivity contribution in [2.75, 3.05) is 6.54 Å². The van der Waals surface area contributed by atoms with Gasteiger partial charge < -0.3 is 26.4 Å². The third kappa shape index (κ3) is 14.8. The average molecular weight is 555 g/mol. The molecule has 0 saturated heterocycles. The molecule has 1 rings (SSSR count). The summed E-state index contributed by atoms with van der Waals surface area (Å²) in [6.45, 7) is 7.29. The number of unbranched alkanes of at least 4 members (excludes halogenated alkanes) is 3. The highest BCUT2D eigenvalue weighted by Crippen LogP contribution is 2.11. The summed E-state index contributed by atoms with van der Waals surface area (Å²) < 4.78 is 26.9. The van der Waals surface area contributed by atoms with E-state index in [4.69, 9.17) is 5.11 Å². The minimum atomic E-state index is -1.24. The lowest BCUT2D eigenvalue weighted by Crippen LogP contribution is -2.54. The second kappa shape index (κ2) is 16.4. The number of benzene rings is 1. The van der Waals surface area contributed by atoms with Crippen LogP contribution in [0.5, 0.6) is 0 Å². The van der Waals surface area contributed by atoms with Gasteiger partial charge >= 0.3 is 5.97 Å². The van der Waals surface area contributed by atoms with E-state index in [0.717, 1.165) is 6.07 Å². The Labute approximate surface area is 227 Å². The fourth-order valence-corrected chi connectivity index (χ4v) is 3.39. The van der Waals surface area contributed by atoms with Crippen LogP contribution in [0.2, 0.25) is 0 Å². The van der Waals surface area contributed by atoms with E-state index in [1.165, 1.54) is 13.0 Å². The Kier molecular flexibility index (Phi) is 14.1. The lowest BCUT2D eigenvalue weighted by atomic mass is 9.97. The number of carbonyl (C=O) groups is 5. The van der Waals surface area contributed by atoms with Crippen molar-refractivity contribution in [3.8, 4) is 0 Å². The minimum Gasteiger partial charge on any atom is -0.481 e. The summed E-state index contributed by atoms with van der Waals surface area (Å²) in [7, 11) is 0. The molecule has 2 atom stereocenters. The number of rotatable bonds is 16. The van der Waals surface area contributed by atoms with E-state index in [9.17, 15) is 32.8 Å². The van der Waals surface area contributed by atoms with E-state index in [2.05, 4.69) is 21.3 Å². The first-order valence-corrected chi connectivity index (χ1v) is 13.0. The molecule has 0 saturated carbocycles. The summed E-state index contributed by atoms with van der Waals surface area (Å²) in [4.78, 5) is 60.9. The number of aliphatic carboxylic acids is 1. The lowest BCUT2D eigenvalue weighted by Gasteiger charge is -2.23. The number of amides is 4. The molecule has 39 heavy (non-hydrogen) atoms. The van der Waals surface area contributed by atoms with Crippen molar-refractivity contribution in [2.45, 2.75) is 91.3 Å². The fraction of sp³-hybridized carbons (Fsp3) is 0.593. The Morgan fingerprint density at radius 2 is 1.51 bits per heavy atom. The van der Waals surface area contributed by atoms with Crippen LogP contribution in [-0.4, -0.2) is 53.3 Å². The fourth-order valence-electron chi connectivity index (χ4n) is 3.39. The molecule has 1 aromatic carbocycles. The van der Waals surface area contributed by atoms with E-state index in [1.54, 1.807) is 0 Å². The number of hydrogen-bond acceptors (Lipinski definition) is 5. The molecule has 0 aliphatic heterocycles. The Morgan fingerprint density at radius 1 is 0.872 bits per heavy atom. The zero-order valence-corrected chi connectivity index (χ0v) is 23.0. The van der Waals surface area contributed by atoms with Crippen LogP contribution in [0, 0.1) is 17.0 Å². The van der Waals surface area contributed by atoms with Crippen LogP contribution in [0.15, 0.2) is 18.2 Å². The van der Waals surface area contributed by atoms with Gasteiger partial charge in [0, 0.05) is 37.6 Å². The van der Waals surface area contributed by atoms with Crippen molar-refractivity contribution in [1.29, 1.82) is 0 Å². The summed E-state index contributed by atoms with van der Waals surface area (Å²) in [5.74, 6) is -4.75. The van der Waals surface area contributed by atoms with Crippen LogP contribution >= 0.6 is 0 Å². The van der Waals surface area contributed by atoms with Gasteiger partial charge in [0.2, 0.25) is 23.6 Å². The van der Waals surface area contributed by atoms with Gasteiger partial charge in [-0.25, -0.2) is 8.78 Å². The van der Waals surface area contributed by atoms with Gasteiger partial charge in [-0.3, -0.25) is 24.0 Å². The molecule has 1 aromatic rings. The summed E-state index contributed by atoms with van der Waals surface area (Å²) in [6, 6.07) is 0.633. The second-order valence-electron chi connectivity index (χ2n) is 10.7. The van der Waals surface area contributed by atoms with Gasteiger partial charge in [-0.15, -0.1) is 0 Å². The average Bonchev–Trinajstić information content (AvgIpc) is 2.83. The van der Waals surface area contributed by atoms with Gasteiger partial charge in [0.05, 0.1) is 6.42 Å². The van der Waals surface area contributed by atoms with Crippen LogP contribution in [0.1, 0.15) is 78.2 Å². The van der Waals surface area contributed by atoms with Crippen molar-refractivity contribution in [3.63, 3.8) is 0 Å². The van der Waals surface area contributed by atoms with Crippen LogP contribution in [-0.2, 0) is 30.5 Å². The van der Waals surface area contributed by atoms with Gasteiger partial charge in [-0.2, -0.15) is 0 Å². The van der Waals surface area contributed by atoms with Crippen molar-refractivity contribution in [1.82, 2.24) is 21.3 Å². The predicted molar refractivity (Wildman–Crippen MR) is 140 cm³/mol. The largest absolute Gasteiger partial charge is 0.481 e. The molecule has 0 bridgehead atoms. The highest BCUT2D eigenvalue weighted by atomic mass is 19.1. The molecule has 0 aromatic heterocycles. The molecule has 0 aliphatic rings. The van der Waals surface area contributed by atoms with Gasteiger partial charge in [0.1, 0.15) is 23.7 Å². The predicted octanol–water partition coefficient (Wildman–Crippen LogP) is 2.55. The number of carbonyl (C=O) groups excluding carboxylic acids is 4. The first-order chi connectivity index (χ1) is 18.2. The molecule has 5 N–H and O–H groups in total. The monoisotopic (exact) mass is 554 g/mol. The molecule has 1 unspecified atom stereocenters. The summed E-state index contributed by atoms with van der Waals surface area (Å²) in [5, 5.41) is 18.9. The maximum Gasteiger partial charge on any atom is 0.303 e. The standard InChI is InChI=1S/C27H40F2N4O6/c1-17(25(38)30-15-18-11-12-19(28)13-20(18)29)32-26(39)21(14-23(35)31-16-27(2,3)4)33-22(34)9-7-5-6-8-10-24(36)37/h11-13,17,21H,5-10,14-16H2,1-4H3,(H,30,38)(H,31,35)(H,32,39)(H,33,34)(H,36,37)/t17-,21?/m0/s1. The third-order valence-electron chi connectivity index (χ3n) is 5.62. The number of carboxylic acids is 1. The normalized spacial score (nSPS) is 12.7. The zero-order valence-electron chi connectivity index (χ0n) is 23.0. The van der Waals surface area contributed by atoms with Crippen LogP contribution < -0.4 is 21.3 Å². The van der Waals surface area contributed by atoms with E-state index in [0.29, 0.717) is 38.3 Å². The van der Waals surface area contributed by atoms with Crippen molar-refractivity contribution in [2.24, 2.45) is 5.41 Å².